The van der Waals surface area contributed by atoms with Crippen molar-refractivity contribution in [2.75, 3.05) is 0 Å². The summed E-state index contributed by atoms with van der Waals surface area (Å²) in [5, 5.41) is 0. The van der Waals surface area contributed by atoms with E-state index in [2.05, 4.69) is 20.8 Å². The predicted molar refractivity (Wildman–Crippen MR) is 89.5 cm³/mol. The van der Waals surface area contributed by atoms with Gasteiger partial charge in [0.05, 0.1) is 6.10 Å². The molecule has 0 N–H and O–H groups in total. The first-order chi connectivity index (χ1) is 10.5. The standard InChI is InChI=1S/C19H36F2O/c1-4-5-6-7-8-9-10-11-14-17-18(22-17)19(20,21)15-12-13-16(2)3/h16-18H,4-15H2,1-3H3/t17-,18-/m0/s1. The SMILES string of the molecule is CCCCCCCCCC[C@@H]1O[C@@H]1C(F)(F)CCCC(C)C. The number of epoxide rings is 1. The molecule has 0 unspecified atom stereocenters. The summed E-state index contributed by atoms with van der Waals surface area (Å²) in [7, 11) is 0. The largest absolute Gasteiger partial charge is 0.363 e. The van der Waals surface area contributed by atoms with Crippen LogP contribution in [0.15, 0.2) is 0 Å². The molecule has 1 rings (SSSR count). The Morgan fingerprint density at radius 1 is 0.909 bits per heavy atom. The highest BCUT2D eigenvalue weighted by molar-refractivity contribution is 4.95. The zero-order valence-electron chi connectivity index (χ0n) is 14.9. The maximum atomic E-state index is 13.9. The summed E-state index contributed by atoms with van der Waals surface area (Å²) in [6.07, 6.45) is 11.4. The lowest BCUT2D eigenvalue weighted by molar-refractivity contribution is -0.0365. The molecule has 2 atom stereocenters. The minimum absolute atomic E-state index is 0.0101. The van der Waals surface area contributed by atoms with E-state index < -0.39 is 12.0 Å². The van der Waals surface area contributed by atoms with Crippen molar-refractivity contribution >= 4 is 0 Å². The molecule has 1 nitrogen and oxygen atoms in total. The van der Waals surface area contributed by atoms with E-state index >= 15 is 0 Å². The molecule has 0 aromatic rings. The Morgan fingerprint density at radius 3 is 2.09 bits per heavy atom. The lowest BCUT2D eigenvalue weighted by Crippen LogP contribution is -2.25. The van der Waals surface area contributed by atoms with Gasteiger partial charge in [0, 0.05) is 6.42 Å². The van der Waals surface area contributed by atoms with Crippen LogP contribution in [0.3, 0.4) is 0 Å². The van der Waals surface area contributed by atoms with Gasteiger partial charge in [0.2, 0.25) is 0 Å². The molecule has 1 saturated heterocycles. The summed E-state index contributed by atoms with van der Waals surface area (Å²) in [6, 6.07) is 0. The van der Waals surface area contributed by atoms with E-state index in [0.717, 1.165) is 25.7 Å². The van der Waals surface area contributed by atoms with Gasteiger partial charge in [-0.2, -0.15) is 0 Å². The number of hydrogen-bond donors (Lipinski definition) is 0. The first kappa shape index (κ1) is 19.9. The highest BCUT2D eigenvalue weighted by Crippen LogP contribution is 2.42. The molecule has 3 heteroatoms. The van der Waals surface area contributed by atoms with Crippen molar-refractivity contribution in [3.63, 3.8) is 0 Å². The minimum atomic E-state index is -2.61. The zero-order valence-corrected chi connectivity index (χ0v) is 14.9. The third kappa shape index (κ3) is 8.45. The molecule has 1 fully saturated rings. The Bertz CT molecular complexity index is 279. The van der Waals surface area contributed by atoms with Gasteiger partial charge in [-0.25, -0.2) is 8.78 Å². The lowest BCUT2D eigenvalue weighted by Gasteiger charge is -2.14. The molecular formula is C19H36F2O. The molecular weight excluding hydrogens is 282 g/mol. The molecule has 1 aliphatic rings. The fourth-order valence-electron chi connectivity index (χ4n) is 3.10. The number of alkyl halides is 2. The second-order valence-electron chi connectivity index (χ2n) is 7.41. The van der Waals surface area contributed by atoms with Crippen LogP contribution >= 0.6 is 0 Å². The smallest absolute Gasteiger partial charge is 0.276 e. The molecule has 1 aliphatic heterocycles. The molecule has 0 amide bonds. The van der Waals surface area contributed by atoms with Crippen LogP contribution in [0.25, 0.3) is 0 Å². The third-order valence-corrected chi connectivity index (χ3v) is 4.63. The Hall–Kier alpha value is -0.180. The maximum absolute atomic E-state index is 13.9. The van der Waals surface area contributed by atoms with Gasteiger partial charge in [-0.3, -0.25) is 0 Å². The lowest BCUT2D eigenvalue weighted by atomic mass is 9.99. The summed E-state index contributed by atoms with van der Waals surface area (Å²) >= 11 is 0. The number of hydrogen-bond acceptors (Lipinski definition) is 1. The van der Waals surface area contributed by atoms with E-state index in [-0.39, 0.29) is 12.5 Å². The second kappa shape index (κ2) is 10.6. The molecule has 0 saturated carbocycles. The first-order valence-corrected chi connectivity index (χ1v) is 9.50. The van der Waals surface area contributed by atoms with E-state index in [1.807, 2.05) is 0 Å². The van der Waals surface area contributed by atoms with Crippen molar-refractivity contribution in [3.05, 3.63) is 0 Å². The molecule has 0 bridgehead atoms. The average Bonchev–Trinajstić information content (AvgIpc) is 3.21. The van der Waals surface area contributed by atoms with Gasteiger partial charge in [0.15, 0.2) is 0 Å². The topological polar surface area (TPSA) is 12.5 Å². The highest BCUT2D eigenvalue weighted by atomic mass is 19.3. The summed E-state index contributed by atoms with van der Waals surface area (Å²) in [6.45, 7) is 6.39. The number of rotatable bonds is 14. The number of unbranched alkanes of at least 4 members (excludes halogenated alkanes) is 7. The van der Waals surface area contributed by atoms with Crippen molar-refractivity contribution in [2.24, 2.45) is 5.92 Å². The molecule has 0 aliphatic carbocycles. The number of halogens is 2. The minimum Gasteiger partial charge on any atom is -0.363 e. The molecule has 0 aromatic carbocycles. The Morgan fingerprint density at radius 2 is 1.50 bits per heavy atom. The van der Waals surface area contributed by atoms with Gasteiger partial charge in [-0.05, 0) is 18.8 Å². The van der Waals surface area contributed by atoms with Gasteiger partial charge in [-0.1, -0.05) is 78.6 Å². The van der Waals surface area contributed by atoms with Crippen molar-refractivity contribution in [1.29, 1.82) is 0 Å². The van der Waals surface area contributed by atoms with Crippen molar-refractivity contribution in [3.8, 4) is 0 Å². The molecule has 22 heavy (non-hydrogen) atoms. The van der Waals surface area contributed by atoms with E-state index in [1.165, 1.54) is 38.5 Å². The Balaban J connectivity index is 1.98. The number of ether oxygens (including phenoxy) is 1. The molecule has 1 heterocycles. The molecule has 0 radical (unpaired) electrons. The fraction of sp³-hybridized carbons (Fsp3) is 1.00. The highest BCUT2D eigenvalue weighted by Gasteiger charge is 2.55. The van der Waals surface area contributed by atoms with E-state index in [1.54, 1.807) is 0 Å². The maximum Gasteiger partial charge on any atom is 0.276 e. The summed E-state index contributed by atoms with van der Waals surface area (Å²) in [5.41, 5.74) is 0. The summed E-state index contributed by atoms with van der Waals surface area (Å²) in [5.74, 6) is -2.11. The Kier molecular flexibility index (Phi) is 9.54. The average molecular weight is 318 g/mol. The predicted octanol–water partition coefficient (Wildman–Crippen LogP) is 6.75. The fourth-order valence-corrected chi connectivity index (χ4v) is 3.10. The van der Waals surface area contributed by atoms with Gasteiger partial charge < -0.3 is 4.74 Å². The van der Waals surface area contributed by atoms with Crippen LogP contribution in [0.1, 0.15) is 97.8 Å². The van der Waals surface area contributed by atoms with Gasteiger partial charge in [0.1, 0.15) is 6.10 Å². The third-order valence-electron chi connectivity index (χ3n) is 4.63. The molecule has 0 aromatic heterocycles. The monoisotopic (exact) mass is 318 g/mol. The van der Waals surface area contributed by atoms with E-state index in [4.69, 9.17) is 4.74 Å². The first-order valence-electron chi connectivity index (χ1n) is 9.50. The van der Waals surface area contributed by atoms with Crippen LogP contribution < -0.4 is 0 Å². The molecule has 132 valence electrons. The quantitative estimate of drug-likeness (QED) is 0.255. The van der Waals surface area contributed by atoms with Crippen molar-refractivity contribution in [2.45, 2.75) is 116 Å². The molecule has 0 spiro atoms. The van der Waals surface area contributed by atoms with Crippen molar-refractivity contribution in [1.82, 2.24) is 0 Å². The van der Waals surface area contributed by atoms with Crippen LogP contribution in [-0.4, -0.2) is 18.1 Å². The van der Waals surface area contributed by atoms with E-state index in [0.29, 0.717) is 12.3 Å². The Labute approximate surface area is 136 Å². The van der Waals surface area contributed by atoms with Gasteiger partial charge >= 0.3 is 0 Å². The summed E-state index contributed by atoms with van der Waals surface area (Å²) in [4.78, 5) is 0. The van der Waals surface area contributed by atoms with Crippen LogP contribution in [0.2, 0.25) is 0 Å². The van der Waals surface area contributed by atoms with Crippen LogP contribution in [-0.2, 0) is 4.74 Å². The van der Waals surface area contributed by atoms with Gasteiger partial charge in [-0.15, -0.1) is 0 Å². The van der Waals surface area contributed by atoms with E-state index in [9.17, 15) is 8.78 Å². The zero-order chi connectivity index (χ0) is 16.4. The van der Waals surface area contributed by atoms with Gasteiger partial charge in [0.25, 0.3) is 5.92 Å². The van der Waals surface area contributed by atoms with Crippen LogP contribution in [0.5, 0.6) is 0 Å². The second-order valence-corrected chi connectivity index (χ2v) is 7.41. The summed E-state index contributed by atoms with van der Waals surface area (Å²) < 4.78 is 33.1. The van der Waals surface area contributed by atoms with Crippen LogP contribution in [0, 0.1) is 5.92 Å². The van der Waals surface area contributed by atoms with Crippen LogP contribution in [0.4, 0.5) is 8.78 Å². The van der Waals surface area contributed by atoms with Crippen molar-refractivity contribution < 1.29 is 13.5 Å². The normalized spacial score (nSPS) is 21.5.